The van der Waals surface area contributed by atoms with E-state index < -0.39 is 5.60 Å². The first-order valence-electron chi connectivity index (χ1n) is 8.10. The van der Waals surface area contributed by atoms with Gasteiger partial charge in [0, 0.05) is 44.3 Å². The zero-order chi connectivity index (χ0) is 14.4. The number of aliphatic hydroxyl groups is 1. The van der Waals surface area contributed by atoms with Gasteiger partial charge in [-0.1, -0.05) is 0 Å². The number of aliphatic imine (C=N–C) groups is 1. The molecule has 0 aliphatic carbocycles. The number of hydrogen-bond acceptors (Lipinski definition) is 4. The zero-order valence-corrected chi connectivity index (χ0v) is 16.2. The second-order valence-corrected chi connectivity index (χ2v) is 8.06. The molecule has 4 heterocycles. The van der Waals surface area contributed by atoms with Gasteiger partial charge in [0.2, 0.25) is 0 Å². The quantitative estimate of drug-likeness (QED) is 0.384. The van der Waals surface area contributed by atoms with Gasteiger partial charge in [0.15, 0.2) is 5.96 Å². The fraction of sp³-hybridized carbons (Fsp3) is 0.933. The second-order valence-electron chi connectivity index (χ2n) is 6.95. The average Bonchev–Trinajstić information content (AvgIpc) is 3.20. The number of nitrogens with zero attached hydrogens (tertiary/aromatic N) is 2. The fourth-order valence-electron chi connectivity index (χ4n) is 4.44. The van der Waals surface area contributed by atoms with Gasteiger partial charge in [0.25, 0.3) is 0 Å². The van der Waals surface area contributed by atoms with E-state index in [1.807, 2.05) is 18.8 Å². The van der Waals surface area contributed by atoms with Gasteiger partial charge >= 0.3 is 0 Å². The van der Waals surface area contributed by atoms with Gasteiger partial charge < -0.3 is 20.1 Å². The summed E-state index contributed by atoms with van der Waals surface area (Å²) in [7, 11) is 1.84. The highest BCUT2D eigenvalue weighted by Crippen LogP contribution is 2.47. The van der Waals surface area contributed by atoms with Crippen molar-refractivity contribution in [1.82, 2.24) is 10.2 Å². The molecule has 2 bridgehead atoms. The van der Waals surface area contributed by atoms with Crippen LogP contribution in [0, 0.1) is 11.8 Å². The lowest BCUT2D eigenvalue weighted by molar-refractivity contribution is 0.0694. The number of ether oxygens (including phenoxy) is 1. The van der Waals surface area contributed by atoms with Gasteiger partial charge in [0.1, 0.15) is 0 Å². The molecule has 0 aromatic heterocycles. The molecule has 0 radical (unpaired) electrons. The normalized spacial score (nSPS) is 43.4. The minimum atomic E-state index is -0.557. The molecule has 4 aliphatic heterocycles. The molecule has 0 aromatic carbocycles. The molecule has 7 heteroatoms. The lowest BCUT2D eigenvalue weighted by atomic mass is 9.82. The predicted octanol–water partition coefficient (Wildman–Crippen LogP) is 1.16. The molecule has 126 valence electrons. The summed E-state index contributed by atoms with van der Waals surface area (Å²) < 4.78 is 6.03. The summed E-state index contributed by atoms with van der Waals surface area (Å²) in [5.41, 5.74) is -0.557. The van der Waals surface area contributed by atoms with Crippen LogP contribution in [0.25, 0.3) is 0 Å². The Bertz CT molecular complexity index is 427. The van der Waals surface area contributed by atoms with Crippen molar-refractivity contribution in [2.24, 2.45) is 16.8 Å². The van der Waals surface area contributed by atoms with Crippen LogP contribution in [-0.2, 0) is 4.74 Å². The van der Waals surface area contributed by atoms with Crippen LogP contribution < -0.4 is 5.32 Å². The van der Waals surface area contributed by atoms with Crippen molar-refractivity contribution in [1.29, 1.82) is 0 Å². The van der Waals surface area contributed by atoms with E-state index in [1.165, 1.54) is 12.8 Å². The number of hydrogen-bond donors (Lipinski definition) is 2. The third-order valence-corrected chi connectivity index (χ3v) is 6.86. The van der Waals surface area contributed by atoms with Crippen LogP contribution in [0.15, 0.2) is 4.99 Å². The Balaban J connectivity index is 0.00000144. The van der Waals surface area contributed by atoms with Crippen LogP contribution in [-0.4, -0.2) is 72.0 Å². The third-order valence-electron chi connectivity index (χ3n) is 5.62. The summed E-state index contributed by atoms with van der Waals surface area (Å²) in [6.45, 7) is 2.72. The Morgan fingerprint density at radius 2 is 2.05 bits per heavy atom. The fourth-order valence-corrected chi connectivity index (χ4v) is 5.74. The smallest absolute Gasteiger partial charge is 0.193 e. The zero-order valence-electron chi connectivity index (χ0n) is 13.0. The molecule has 5 unspecified atom stereocenters. The summed E-state index contributed by atoms with van der Waals surface area (Å²) in [5, 5.41) is 13.9. The monoisotopic (exact) mass is 439 g/mol. The predicted molar refractivity (Wildman–Crippen MR) is 100 cm³/mol. The van der Waals surface area contributed by atoms with Crippen molar-refractivity contribution in [3.8, 4) is 0 Å². The summed E-state index contributed by atoms with van der Waals surface area (Å²) in [6, 6.07) is 0. The van der Waals surface area contributed by atoms with E-state index in [0.717, 1.165) is 37.0 Å². The summed E-state index contributed by atoms with van der Waals surface area (Å²) in [4.78, 5) is 6.80. The van der Waals surface area contributed by atoms with E-state index in [9.17, 15) is 5.11 Å². The molecule has 5 atom stereocenters. The van der Waals surface area contributed by atoms with E-state index >= 15 is 0 Å². The van der Waals surface area contributed by atoms with Crippen molar-refractivity contribution in [2.75, 3.05) is 38.2 Å². The standard InChI is InChI=1S/C15H25N3O2S.HI/c1-16-14(17-8-15(19)4-5-21-9-15)18-6-10-11(7-18)13-3-2-12(10)20-13;/h10-13,19H,2-9H2,1H3,(H,16,17);1H. The van der Waals surface area contributed by atoms with E-state index in [-0.39, 0.29) is 24.0 Å². The number of likely N-dealkylation sites (tertiary alicyclic amines) is 1. The third kappa shape index (κ3) is 2.98. The van der Waals surface area contributed by atoms with Crippen LogP contribution in [0.2, 0.25) is 0 Å². The van der Waals surface area contributed by atoms with Gasteiger partial charge in [-0.15, -0.1) is 24.0 Å². The maximum absolute atomic E-state index is 10.5. The van der Waals surface area contributed by atoms with Crippen LogP contribution in [0.4, 0.5) is 0 Å². The summed E-state index contributed by atoms with van der Waals surface area (Å²) in [5.74, 6) is 4.22. The van der Waals surface area contributed by atoms with E-state index in [2.05, 4.69) is 15.2 Å². The molecule has 4 fully saturated rings. The first-order valence-corrected chi connectivity index (χ1v) is 9.25. The van der Waals surface area contributed by atoms with Crippen LogP contribution >= 0.6 is 35.7 Å². The highest BCUT2D eigenvalue weighted by molar-refractivity contribution is 14.0. The molecule has 4 saturated heterocycles. The SMILES string of the molecule is CN=C(NCC1(O)CCSC1)N1CC2C3CCC(O3)C2C1.I. The van der Waals surface area contributed by atoms with Crippen molar-refractivity contribution in [2.45, 2.75) is 37.1 Å². The van der Waals surface area contributed by atoms with Crippen molar-refractivity contribution in [3.05, 3.63) is 0 Å². The number of nitrogens with one attached hydrogen (secondary N) is 1. The molecule has 4 aliphatic rings. The molecule has 0 saturated carbocycles. The number of halogens is 1. The Labute approximate surface area is 153 Å². The van der Waals surface area contributed by atoms with E-state index in [0.29, 0.717) is 30.6 Å². The Morgan fingerprint density at radius 1 is 1.36 bits per heavy atom. The van der Waals surface area contributed by atoms with Crippen molar-refractivity contribution < 1.29 is 9.84 Å². The molecule has 0 amide bonds. The lowest BCUT2D eigenvalue weighted by Crippen LogP contribution is -2.48. The number of thioether (sulfide) groups is 1. The Hall–Kier alpha value is 0.270. The van der Waals surface area contributed by atoms with Gasteiger partial charge in [-0.05, 0) is 25.0 Å². The first-order chi connectivity index (χ1) is 10.2. The van der Waals surface area contributed by atoms with Crippen LogP contribution in [0.5, 0.6) is 0 Å². The number of fused-ring (bicyclic) bond motifs is 5. The number of rotatable bonds is 2. The van der Waals surface area contributed by atoms with Crippen LogP contribution in [0.1, 0.15) is 19.3 Å². The van der Waals surface area contributed by atoms with Crippen molar-refractivity contribution in [3.63, 3.8) is 0 Å². The molecular formula is C15H26IN3O2S. The minimum Gasteiger partial charge on any atom is -0.387 e. The van der Waals surface area contributed by atoms with Crippen molar-refractivity contribution >= 4 is 41.7 Å². The molecule has 0 aromatic rings. The molecule has 5 nitrogen and oxygen atoms in total. The molecule has 0 spiro atoms. The van der Waals surface area contributed by atoms with Gasteiger partial charge in [0.05, 0.1) is 17.8 Å². The molecule has 2 N–H and O–H groups in total. The second kappa shape index (κ2) is 6.64. The molecule has 4 rings (SSSR count). The van der Waals surface area contributed by atoms with E-state index in [1.54, 1.807) is 0 Å². The largest absolute Gasteiger partial charge is 0.387 e. The Kier molecular flexibility index (Phi) is 5.17. The first kappa shape index (κ1) is 17.1. The van der Waals surface area contributed by atoms with E-state index in [4.69, 9.17) is 4.74 Å². The molecular weight excluding hydrogens is 413 g/mol. The van der Waals surface area contributed by atoms with Gasteiger partial charge in [-0.3, -0.25) is 4.99 Å². The highest BCUT2D eigenvalue weighted by atomic mass is 127. The number of guanidine groups is 1. The highest BCUT2D eigenvalue weighted by Gasteiger charge is 2.53. The van der Waals surface area contributed by atoms with Crippen LogP contribution in [0.3, 0.4) is 0 Å². The van der Waals surface area contributed by atoms with Gasteiger partial charge in [-0.2, -0.15) is 11.8 Å². The Morgan fingerprint density at radius 3 is 2.59 bits per heavy atom. The average molecular weight is 439 g/mol. The topological polar surface area (TPSA) is 57.1 Å². The summed E-state index contributed by atoms with van der Waals surface area (Å²) >= 11 is 1.83. The molecule has 22 heavy (non-hydrogen) atoms. The minimum absolute atomic E-state index is 0. The maximum Gasteiger partial charge on any atom is 0.193 e. The maximum atomic E-state index is 10.5. The van der Waals surface area contributed by atoms with Gasteiger partial charge in [-0.25, -0.2) is 0 Å². The lowest BCUT2D eigenvalue weighted by Gasteiger charge is -2.27. The summed E-state index contributed by atoms with van der Waals surface area (Å²) in [6.07, 6.45) is 4.33.